The fourth-order valence-electron chi connectivity index (χ4n) is 2.77. The molecule has 26 heavy (non-hydrogen) atoms. The number of hydrogen-bond acceptors (Lipinski definition) is 3. The van der Waals surface area contributed by atoms with Crippen molar-refractivity contribution >= 4 is 12.0 Å². The first kappa shape index (κ1) is 19.3. The largest absolute Gasteiger partial charge is 0.497 e. The van der Waals surface area contributed by atoms with E-state index in [0.29, 0.717) is 0 Å². The van der Waals surface area contributed by atoms with E-state index >= 15 is 0 Å². The van der Waals surface area contributed by atoms with Crippen LogP contribution in [0.25, 0.3) is 11.8 Å². The Morgan fingerprint density at radius 2 is 2.00 bits per heavy atom. The first-order chi connectivity index (χ1) is 12.4. The number of amides is 1. The van der Waals surface area contributed by atoms with Crippen molar-refractivity contribution in [3.8, 4) is 17.5 Å². The zero-order valence-corrected chi connectivity index (χ0v) is 16.0. The highest BCUT2D eigenvalue weighted by Gasteiger charge is 2.15. The van der Waals surface area contributed by atoms with Crippen LogP contribution in [-0.4, -0.2) is 23.6 Å². The molecule has 0 aliphatic rings. The van der Waals surface area contributed by atoms with Crippen molar-refractivity contribution in [1.29, 1.82) is 5.26 Å². The predicted octanol–water partition coefficient (Wildman–Crippen LogP) is 3.92. The van der Waals surface area contributed by atoms with E-state index in [0.717, 1.165) is 34.8 Å². The first-order valence-electron chi connectivity index (χ1n) is 8.67. The van der Waals surface area contributed by atoms with Crippen molar-refractivity contribution in [3.63, 3.8) is 0 Å². The van der Waals surface area contributed by atoms with E-state index < -0.39 is 0 Å². The third-order valence-corrected chi connectivity index (χ3v) is 4.46. The van der Waals surface area contributed by atoms with E-state index in [-0.39, 0.29) is 17.5 Å². The smallest absolute Gasteiger partial charge is 0.262 e. The van der Waals surface area contributed by atoms with Crippen LogP contribution in [0.3, 0.4) is 0 Å². The molecule has 5 nitrogen and oxygen atoms in total. The summed E-state index contributed by atoms with van der Waals surface area (Å²) in [5.41, 5.74) is 3.97. The summed E-state index contributed by atoms with van der Waals surface area (Å²) in [6, 6.07) is 11.8. The molecule has 136 valence electrons. The van der Waals surface area contributed by atoms with Crippen LogP contribution in [0.4, 0.5) is 0 Å². The van der Waals surface area contributed by atoms with Gasteiger partial charge in [0.1, 0.15) is 17.4 Å². The van der Waals surface area contributed by atoms with Gasteiger partial charge >= 0.3 is 0 Å². The highest BCUT2D eigenvalue weighted by Crippen LogP contribution is 2.24. The Hall–Kier alpha value is -3.00. The number of aromatic nitrogens is 1. The van der Waals surface area contributed by atoms with Gasteiger partial charge in [-0.05, 0) is 69.2 Å². The summed E-state index contributed by atoms with van der Waals surface area (Å²) in [5, 5.41) is 12.2. The topological polar surface area (TPSA) is 67.0 Å². The minimum Gasteiger partial charge on any atom is -0.497 e. The number of rotatable bonds is 6. The number of hydrogen-bond donors (Lipinski definition) is 1. The van der Waals surface area contributed by atoms with Gasteiger partial charge in [0.05, 0.1) is 7.11 Å². The van der Waals surface area contributed by atoms with Gasteiger partial charge in [-0.15, -0.1) is 0 Å². The van der Waals surface area contributed by atoms with E-state index in [2.05, 4.69) is 9.88 Å². The number of nitrogens with one attached hydrogen (secondary N) is 1. The summed E-state index contributed by atoms with van der Waals surface area (Å²) < 4.78 is 7.30. The minimum absolute atomic E-state index is 0.0333. The highest BCUT2D eigenvalue weighted by atomic mass is 16.5. The summed E-state index contributed by atoms with van der Waals surface area (Å²) in [6.45, 7) is 7.89. The molecule has 1 atom stereocenters. The van der Waals surface area contributed by atoms with Crippen molar-refractivity contribution in [2.45, 2.75) is 40.2 Å². The zero-order chi connectivity index (χ0) is 19.3. The molecular formula is C21H25N3O2. The maximum atomic E-state index is 12.3. The molecule has 0 unspecified atom stereocenters. The van der Waals surface area contributed by atoms with E-state index in [9.17, 15) is 10.1 Å². The van der Waals surface area contributed by atoms with Crippen LogP contribution in [0.15, 0.2) is 35.9 Å². The monoisotopic (exact) mass is 351 g/mol. The molecule has 0 fully saturated rings. The zero-order valence-electron chi connectivity index (χ0n) is 16.0. The quantitative estimate of drug-likeness (QED) is 0.633. The molecule has 1 heterocycles. The number of carbonyl (C=O) groups excluding carboxylic acids is 1. The van der Waals surface area contributed by atoms with Crippen LogP contribution in [0.1, 0.15) is 37.2 Å². The molecular weight excluding hydrogens is 326 g/mol. The van der Waals surface area contributed by atoms with Gasteiger partial charge < -0.3 is 14.6 Å². The van der Waals surface area contributed by atoms with Crippen molar-refractivity contribution in [2.24, 2.45) is 0 Å². The van der Waals surface area contributed by atoms with Crippen molar-refractivity contribution in [2.75, 3.05) is 7.11 Å². The summed E-state index contributed by atoms with van der Waals surface area (Å²) in [7, 11) is 1.64. The fraction of sp³-hybridized carbons (Fsp3) is 0.333. The number of carbonyl (C=O) groups is 1. The van der Waals surface area contributed by atoms with E-state index in [1.165, 1.54) is 0 Å². The SMILES string of the molecule is CC[C@H](C)NC(=O)/C(C#N)=C/c1cc(C)n(-c2ccc(OC)cc2)c1C. The van der Waals surface area contributed by atoms with Gasteiger partial charge in [0, 0.05) is 23.1 Å². The summed E-state index contributed by atoms with van der Waals surface area (Å²) in [4.78, 5) is 12.3. The average Bonchev–Trinajstić information content (AvgIpc) is 2.92. The van der Waals surface area contributed by atoms with Crippen molar-refractivity contribution < 1.29 is 9.53 Å². The number of benzene rings is 1. The molecule has 1 amide bonds. The standard InChI is InChI=1S/C21H25N3O2/c1-6-14(2)23-21(25)18(13-22)12-17-11-15(3)24(16(17)4)19-7-9-20(26-5)10-8-19/h7-12,14H,6H2,1-5H3,(H,23,25)/b18-12+/t14-/m0/s1. The van der Waals surface area contributed by atoms with Crippen LogP contribution in [0.2, 0.25) is 0 Å². The highest BCUT2D eigenvalue weighted by molar-refractivity contribution is 6.02. The Labute approximate surface area is 154 Å². The Morgan fingerprint density at radius 3 is 2.54 bits per heavy atom. The van der Waals surface area contributed by atoms with E-state index in [4.69, 9.17) is 4.74 Å². The van der Waals surface area contributed by atoms with Crippen LogP contribution < -0.4 is 10.1 Å². The van der Waals surface area contributed by atoms with E-state index in [1.54, 1.807) is 13.2 Å². The molecule has 0 saturated heterocycles. The number of nitrogens with zero attached hydrogens (tertiary/aromatic N) is 2. The lowest BCUT2D eigenvalue weighted by Gasteiger charge is -2.11. The molecule has 1 aromatic heterocycles. The van der Waals surface area contributed by atoms with Crippen molar-refractivity contribution in [3.05, 3.63) is 52.9 Å². The third kappa shape index (κ3) is 4.15. The van der Waals surface area contributed by atoms with Crippen LogP contribution in [0, 0.1) is 25.2 Å². The maximum Gasteiger partial charge on any atom is 0.262 e. The van der Waals surface area contributed by atoms with Gasteiger partial charge in [-0.3, -0.25) is 4.79 Å². The summed E-state index contributed by atoms with van der Waals surface area (Å²) in [5.74, 6) is 0.459. The molecule has 0 bridgehead atoms. The lowest BCUT2D eigenvalue weighted by Crippen LogP contribution is -2.32. The van der Waals surface area contributed by atoms with E-state index in [1.807, 2.05) is 64.1 Å². The molecule has 1 aromatic carbocycles. The van der Waals surface area contributed by atoms with Crippen LogP contribution in [0.5, 0.6) is 5.75 Å². The molecule has 0 spiro atoms. The lowest BCUT2D eigenvalue weighted by molar-refractivity contribution is -0.117. The molecule has 0 aliphatic carbocycles. The second-order valence-corrected chi connectivity index (χ2v) is 6.31. The average molecular weight is 351 g/mol. The van der Waals surface area contributed by atoms with Crippen LogP contribution >= 0.6 is 0 Å². The number of nitriles is 1. The summed E-state index contributed by atoms with van der Waals surface area (Å²) in [6.07, 6.45) is 2.47. The van der Waals surface area contributed by atoms with Gasteiger partial charge in [0.25, 0.3) is 5.91 Å². The maximum absolute atomic E-state index is 12.3. The summed E-state index contributed by atoms with van der Waals surface area (Å²) >= 11 is 0. The van der Waals surface area contributed by atoms with Gasteiger partial charge in [-0.25, -0.2) is 0 Å². The third-order valence-electron chi connectivity index (χ3n) is 4.46. The second-order valence-electron chi connectivity index (χ2n) is 6.31. The molecule has 0 aliphatic heterocycles. The van der Waals surface area contributed by atoms with Gasteiger partial charge in [0.2, 0.25) is 0 Å². The Kier molecular flexibility index (Phi) is 6.24. The second kappa shape index (κ2) is 8.39. The number of aryl methyl sites for hydroxylation is 1. The molecule has 2 aromatic rings. The normalized spacial score (nSPS) is 12.4. The molecule has 0 saturated carbocycles. The van der Waals surface area contributed by atoms with Crippen LogP contribution in [-0.2, 0) is 4.79 Å². The van der Waals surface area contributed by atoms with Gasteiger partial charge in [-0.1, -0.05) is 6.92 Å². The Bertz CT molecular complexity index is 855. The molecule has 2 rings (SSSR count). The molecule has 1 N–H and O–H groups in total. The predicted molar refractivity (Wildman–Crippen MR) is 103 cm³/mol. The Morgan fingerprint density at radius 1 is 1.35 bits per heavy atom. The molecule has 5 heteroatoms. The number of methoxy groups -OCH3 is 1. The first-order valence-corrected chi connectivity index (χ1v) is 8.67. The van der Waals surface area contributed by atoms with Crippen molar-refractivity contribution in [1.82, 2.24) is 9.88 Å². The fourth-order valence-corrected chi connectivity index (χ4v) is 2.77. The molecule has 0 radical (unpaired) electrons. The van der Waals surface area contributed by atoms with Gasteiger partial charge in [-0.2, -0.15) is 5.26 Å². The van der Waals surface area contributed by atoms with Gasteiger partial charge in [0.15, 0.2) is 0 Å². The minimum atomic E-state index is -0.337. The number of ether oxygens (including phenoxy) is 1. The Balaban J connectivity index is 2.39. The lowest BCUT2D eigenvalue weighted by atomic mass is 10.1.